The van der Waals surface area contributed by atoms with Crippen LogP contribution in [0.4, 0.5) is 0 Å². The van der Waals surface area contributed by atoms with Gasteiger partial charge < -0.3 is 4.90 Å². The lowest BCUT2D eigenvalue weighted by Crippen LogP contribution is -2.50. The standard InChI is InChI=1S/C11H13NOS/c1-2-12-10(13)8-11(12)14-9-6-4-3-5-7-9/h3-7,11H,2,8H2,1H3. The van der Waals surface area contributed by atoms with E-state index in [1.54, 1.807) is 11.8 Å². The molecule has 1 aliphatic rings. The summed E-state index contributed by atoms with van der Waals surface area (Å²) < 4.78 is 0. The Kier molecular flexibility index (Phi) is 2.77. The Labute approximate surface area is 88.3 Å². The van der Waals surface area contributed by atoms with Crippen LogP contribution < -0.4 is 0 Å². The molecule has 0 saturated carbocycles. The third kappa shape index (κ3) is 1.77. The largest absolute Gasteiger partial charge is 0.330 e. The van der Waals surface area contributed by atoms with Gasteiger partial charge in [0.25, 0.3) is 0 Å². The van der Waals surface area contributed by atoms with Gasteiger partial charge in [-0.3, -0.25) is 4.79 Å². The number of carbonyl (C=O) groups is 1. The number of benzene rings is 1. The van der Waals surface area contributed by atoms with Gasteiger partial charge in [-0.05, 0) is 19.1 Å². The van der Waals surface area contributed by atoms with Gasteiger partial charge in [-0.15, -0.1) is 11.8 Å². The van der Waals surface area contributed by atoms with Crippen LogP contribution in [0.1, 0.15) is 13.3 Å². The summed E-state index contributed by atoms with van der Waals surface area (Å²) in [4.78, 5) is 14.3. The van der Waals surface area contributed by atoms with Crippen molar-refractivity contribution in [3.8, 4) is 0 Å². The summed E-state index contributed by atoms with van der Waals surface area (Å²) in [6.07, 6.45) is 0.688. The summed E-state index contributed by atoms with van der Waals surface area (Å²) in [5.74, 6) is 0.279. The van der Waals surface area contributed by atoms with Gasteiger partial charge in [0.05, 0.1) is 11.8 Å². The van der Waals surface area contributed by atoms with Gasteiger partial charge in [0.1, 0.15) is 0 Å². The molecule has 1 heterocycles. The number of β-lactam (4-membered cyclic amide) rings is 1. The highest BCUT2D eigenvalue weighted by molar-refractivity contribution is 8.00. The normalized spacial score (nSPS) is 20.8. The zero-order chi connectivity index (χ0) is 9.97. The van der Waals surface area contributed by atoms with Crippen molar-refractivity contribution in [1.29, 1.82) is 0 Å². The van der Waals surface area contributed by atoms with Crippen LogP contribution in [0, 0.1) is 0 Å². The van der Waals surface area contributed by atoms with E-state index in [1.165, 1.54) is 4.90 Å². The summed E-state index contributed by atoms with van der Waals surface area (Å²) in [6.45, 7) is 2.85. The average Bonchev–Trinajstić information content (AvgIpc) is 2.19. The maximum atomic E-state index is 11.2. The number of rotatable bonds is 3. The Morgan fingerprint density at radius 3 is 2.71 bits per heavy atom. The topological polar surface area (TPSA) is 20.3 Å². The van der Waals surface area contributed by atoms with Crippen molar-refractivity contribution in [3.63, 3.8) is 0 Å². The predicted molar refractivity (Wildman–Crippen MR) is 58.1 cm³/mol. The van der Waals surface area contributed by atoms with Crippen LogP contribution in [-0.2, 0) is 4.79 Å². The van der Waals surface area contributed by atoms with Gasteiger partial charge in [0, 0.05) is 11.4 Å². The van der Waals surface area contributed by atoms with E-state index < -0.39 is 0 Å². The number of hydrogen-bond donors (Lipinski definition) is 0. The molecule has 1 fully saturated rings. The fourth-order valence-corrected chi connectivity index (χ4v) is 2.81. The second-order valence-corrected chi connectivity index (χ2v) is 4.52. The maximum absolute atomic E-state index is 11.2. The van der Waals surface area contributed by atoms with E-state index in [9.17, 15) is 4.79 Å². The van der Waals surface area contributed by atoms with Gasteiger partial charge in [-0.2, -0.15) is 0 Å². The average molecular weight is 207 g/mol. The van der Waals surface area contributed by atoms with Crippen molar-refractivity contribution in [3.05, 3.63) is 30.3 Å². The molecule has 1 atom stereocenters. The first kappa shape index (κ1) is 9.59. The lowest BCUT2D eigenvalue weighted by atomic mass is 10.2. The number of likely N-dealkylation sites (tertiary alicyclic amines) is 1. The van der Waals surface area contributed by atoms with Crippen LogP contribution in [0.5, 0.6) is 0 Å². The van der Waals surface area contributed by atoms with Crippen molar-refractivity contribution in [2.45, 2.75) is 23.6 Å². The number of hydrogen-bond acceptors (Lipinski definition) is 2. The van der Waals surface area contributed by atoms with Gasteiger partial charge in [0.15, 0.2) is 0 Å². The molecule has 3 heteroatoms. The molecular weight excluding hydrogens is 194 g/mol. The molecule has 0 radical (unpaired) electrons. The molecule has 14 heavy (non-hydrogen) atoms. The quantitative estimate of drug-likeness (QED) is 0.709. The van der Waals surface area contributed by atoms with Gasteiger partial charge in [-0.25, -0.2) is 0 Å². The Morgan fingerprint density at radius 2 is 2.14 bits per heavy atom. The van der Waals surface area contributed by atoms with Crippen molar-refractivity contribution < 1.29 is 4.79 Å². The highest BCUT2D eigenvalue weighted by atomic mass is 32.2. The molecule has 2 nitrogen and oxygen atoms in total. The van der Waals surface area contributed by atoms with Crippen LogP contribution in [0.15, 0.2) is 35.2 Å². The maximum Gasteiger partial charge on any atom is 0.226 e. The second kappa shape index (κ2) is 4.05. The van der Waals surface area contributed by atoms with Crippen molar-refractivity contribution in [2.75, 3.05) is 6.54 Å². The zero-order valence-electron chi connectivity index (χ0n) is 8.14. The van der Waals surface area contributed by atoms with E-state index >= 15 is 0 Å². The van der Waals surface area contributed by atoms with Gasteiger partial charge >= 0.3 is 0 Å². The van der Waals surface area contributed by atoms with Crippen molar-refractivity contribution in [1.82, 2.24) is 4.90 Å². The first-order valence-electron chi connectivity index (χ1n) is 4.82. The van der Waals surface area contributed by atoms with Crippen LogP contribution in [-0.4, -0.2) is 22.7 Å². The molecule has 0 spiro atoms. The van der Waals surface area contributed by atoms with Crippen LogP contribution in [0.25, 0.3) is 0 Å². The van der Waals surface area contributed by atoms with Crippen LogP contribution >= 0.6 is 11.8 Å². The third-order valence-electron chi connectivity index (χ3n) is 2.37. The number of amides is 1. The van der Waals surface area contributed by atoms with Crippen molar-refractivity contribution >= 4 is 17.7 Å². The molecule has 74 valence electrons. The number of thioether (sulfide) groups is 1. The predicted octanol–water partition coefficient (Wildman–Crippen LogP) is 2.36. The minimum absolute atomic E-state index is 0.279. The van der Waals surface area contributed by atoms with E-state index in [0.29, 0.717) is 11.8 Å². The smallest absolute Gasteiger partial charge is 0.226 e. The fraction of sp³-hybridized carbons (Fsp3) is 0.364. The van der Waals surface area contributed by atoms with E-state index in [1.807, 2.05) is 30.0 Å². The van der Waals surface area contributed by atoms with Crippen LogP contribution in [0.2, 0.25) is 0 Å². The van der Waals surface area contributed by atoms with Crippen LogP contribution in [0.3, 0.4) is 0 Å². The summed E-state index contributed by atoms with van der Waals surface area (Å²) >= 11 is 1.77. The monoisotopic (exact) mass is 207 g/mol. The molecular formula is C11H13NOS. The molecule has 0 bridgehead atoms. The minimum Gasteiger partial charge on any atom is -0.330 e. The molecule has 2 rings (SSSR count). The summed E-state index contributed by atoms with van der Waals surface area (Å²) in [5.41, 5.74) is 0. The number of nitrogens with zero attached hydrogens (tertiary/aromatic N) is 1. The van der Waals surface area contributed by atoms with E-state index in [0.717, 1.165) is 6.54 Å². The van der Waals surface area contributed by atoms with Gasteiger partial charge in [0.2, 0.25) is 5.91 Å². The zero-order valence-corrected chi connectivity index (χ0v) is 8.96. The molecule has 1 unspecified atom stereocenters. The first-order chi connectivity index (χ1) is 6.81. The van der Waals surface area contributed by atoms with E-state index in [2.05, 4.69) is 12.1 Å². The second-order valence-electron chi connectivity index (χ2n) is 3.27. The minimum atomic E-state index is 0.279. The lowest BCUT2D eigenvalue weighted by Gasteiger charge is -2.39. The molecule has 0 aliphatic carbocycles. The Bertz CT molecular complexity index is 325. The number of carbonyl (C=O) groups excluding carboxylic acids is 1. The highest BCUT2D eigenvalue weighted by Gasteiger charge is 2.35. The molecule has 1 aromatic carbocycles. The van der Waals surface area contributed by atoms with E-state index in [4.69, 9.17) is 0 Å². The SMILES string of the molecule is CCN1C(=O)CC1Sc1ccccc1. The third-order valence-corrected chi connectivity index (χ3v) is 3.61. The molecule has 1 saturated heterocycles. The first-order valence-corrected chi connectivity index (χ1v) is 5.70. The molecule has 0 N–H and O–H groups in total. The summed E-state index contributed by atoms with van der Waals surface area (Å²) in [7, 11) is 0. The Balaban J connectivity index is 1.97. The molecule has 1 aromatic rings. The summed E-state index contributed by atoms with van der Waals surface area (Å²) in [6, 6.07) is 10.2. The fourth-order valence-electron chi connectivity index (χ4n) is 1.57. The van der Waals surface area contributed by atoms with Gasteiger partial charge in [-0.1, -0.05) is 18.2 Å². The molecule has 0 aromatic heterocycles. The van der Waals surface area contributed by atoms with E-state index in [-0.39, 0.29) is 5.91 Å². The Morgan fingerprint density at radius 1 is 1.43 bits per heavy atom. The highest BCUT2D eigenvalue weighted by Crippen LogP contribution is 2.34. The van der Waals surface area contributed by atoms with Crippen molar-refractivity contribution in [2.24, 2.45) is 0 Å². The molecule has 1 amide bonds. The lowest BCUT2D eigenvalue weighted by molar-refractivity contribution is -0.141. The summed E-state index contributed by atoms with van der Waals surface area (Å²) in [5, 5.41) is 0.356. The Hall–Kier alpha value is -0.960. The molecule has 1 aliphatic heterocycles.